The molecule has 0 aliphatic rings. The zero-order valence-corrected chi connectivity index (χ0v) is 14.8. The summed E-state index contributed by atoms with van der Waals surface area (Å²) in [6.45, 7) is 1.96. The Morgan fingerprint density at radius 2 is 1.96 bits per heavy atom. The number of carbonyl (C=O) groups excluding carboxylic acids is 1. The van der Waals surface area contributed by atoms with E-state index >= 15 is 0 Å². The van der Waals surface area contributed by atoms with E-state index < -0.39 is 0 Å². The highest BCUT2D eigenvalue weighted by molar-refractivity contribution is 6.02. The maximum atomic E-state index is 12.3. The van der Waals surface area contributed by atoms with Crippen molar-refractivity contribution in [2.75, 3.05) is 5.32 Å². The smallest absolute Gasteiger partial charge is 0.248 e. The van der Waals surface area contributed by atoms with Gasteiger partial charge in [-0.3, -0.25) is 9.20 Å². The van der Waals surface area contributed by atoms with Crippen molar-refractivity contribution in [2.24, 2.45) is 0 Å². The van der Waals surface area contributed by atoms with Gasteiger partial charge in [0.05, 0.1) is 5.69 Å². The number of aromatic nitrogens is 3. The first-order valence-electron chi connectivity index (χ1n) is 8.64. The quantitative estimate of drug-likeness (QED) is 0.554. The molecule has 2 aromatic heterocycles. The fourth-order valence-electron chi connectivity index (χ4n) is 2.80. The van der Waals surface area contributed by atoms with E-state index in [4.69, 9.17) is 0 Å². The molecule has 4 aromatic rings. The summed E-state index contributed by atoms with van der Waals surface area (Å²) < 4.78 is 1.87. The minimum absolute atomic E-state index is 0.171. The summed E-state index contributed by atoms with van der Waals surface area (Å²) in [6.07, 6.45) is 8.88. The number of nitrogens with one attached hydrogen (secondary N) is 1. The summed E-state index contributed by atoms with van der Waals surface area (Å²) in [7, 11) is 0. The highest BCUT2D eigenvalue weighted by atomic mass is 16.1. The lowest BCUT2D eigenvalue weighted by Crippen LogP contribution is -2.09. The molecule has 0 radical (unpaired) electrons. The van der Waals surface area contributed by atoms with E-state index in [0.29, 0.717) is 5.78 Å². The average molecular weight is 354 g/mol. The molecule has 0 saturated heterocycles. The largest absolute Gasteiger partial charge is 0.322 e. The first-order valence-corrected chi connectivity index (χ1v) is 8.64. The molecule has 1 amide bonds. The lowest BCUT2D eigenvalue weighted by Gasteiger charge is -2.08. The number of nitrogens with zero attached hydrogens (tertiary/aromatic N) is 3. The Labute approximate surface area is 157 Å². The van der Waals surface area contributed by atoms with Crippen molar-refractivity contribution in [1.29, 1.82) is 0 Å². The normalized spacial score (nSPS) is 11.1. The molecule has 0 aliphatic heterocycles. The van der Waals surface area contributed by atoms with Crippen LogP contribution in [-0.4, -0.2) is 20.3 Å². The molecule has 2 aromatic carbocycles. The Kier molecular flexibility index (Phi) is 4.49. The van der Waals surface area contributed by atoms with Crippen molar-refractivity contribution in [2.45, 2.75) is 6.92 Å². The van der Waals surface area contributed by atoms with Crippen molar-refractivity contribution in [3.05, 3.63) is 90.4 Å². The molecular formula is C22H18N4O. The van der Waals surface area contributed by atoms with Gasteiger partial charge in [-0.1, -0.05) is 42.5 Å². The van der Waals surface area contributed by atoms with Gasteiger partial charge in [-0.25, -0.2) is 9.97 Å². The summed E-state index contributed by atoms with van der Waals surface area (Å²) >= 11 is 0. The van der Waals surface area contributed by atoms with Crippen LogP contribution in [-0.2, 0) is 4.79 Å². The van der Waals surface area contributed by atoms with Crippen molar-refractivity contribution >= 4 is 23.4 Å². The Morgan fingerprint density at radius 1 is 1.11 bits per heavy atom. The Morgan fingerprint density at radius 3 is 2.78 bits per heavy atom. The third-order valence-corrected chi connectivity index (χ3v) is 4.25. The van der Waals surface area contributed by atoms with E-state index in [1.54, 1.807) is 12.3 Å². The van der Waals surface area contributed by atoms with E-state index in [9.17, 15) is 4.79 Å². The molecule has 27 heavy (non-hydrogen) atoms. The van der Waals surface area contributed by atoms with Crippen LogP contribution >= 0.6 is 0 Å². The average Bonchev–Trinajstić information content (AvgIpc) is 3.13. The van der Waals surface area contributed by atoms with Crippen LogP contribution in [0.2, 0.25) is 0 Å². The summed E-state index contributed by atoms with van der Waals surface area (Å²) in [6, 6.07) is 17.5. The lowest BCUT2D eigenvalue weighted by atomic mass is 10.1. The Balaban J connectivity index is 1.57. The van der Waals surface area contributed by atoms with Gasteiger partial charge in [-0.05, 0) is 36.3 Å². The molecule has 4 rings (SSSR count). The highest BCUT2D eigenvalue weighted by Gasteiger charge is 2.08. The molecule has 0 saturated carbocycles. The van der Waals surface area contributed by atoms with Gasteiger partial charge in [0.2, 0.25) is 11.7 Å². The van der Waals surface area contributed by atoms with Crippen molar-refractivity contribution < 1.29 is 4.79 Å². The van der Waals surface area contributed by atoms with E-state index in [0.717, 1.165) is 28.1 Å². The maximum Gasteiger partial charge on any atom is 0.248 e. The molecule has 5 heteroatoms. The molecule has 132 valence electrons. The van der Waals surface area contributed by atoms with Gasteiger partial charge in [0.15, 0.2) is 0 Å². The first-order chi connectivity index (χ1) is 13.2. The van der Waals surface area contributed by atoms with Crippen molar-refractivity contribution in [3.8, 4) is 11.3 Å². The predicted octanol–water partition coefficient (Wildman–Crippen LogP) is 4.36. The van der Waals surface area contributed by atoms with Crippen LogP contribution in [0.15, 0.2) is 79.3 Å². The highest BCUT2D eigenvalue weighted by Crippen LogP contribution is 2.25. The summed E-state index contributed by atoms with van der Waals surface area (Å²) in [5, 5.41) is 2.95. The third-order valence-electron chi connectivity index (χ3n) is 4.25. The topological polar surface area (TPSA) is 59.3 Å². The molecule has 1 N–H and O–H groups in total. The summed E-state index contributed by atoms with van der Waals surface area (Å²) in [4.78, 5) is 21.1. The number of anilines is 1. The van der Waals surface area contributed by atoms with Crippen LogP contribution in [0.4, 0.5) is 5.69 Å². The summed E-state index contributed by atoms with van der Waals surface area (Å²) in [5.74, 6) is 0.472. The zero-order chi connectivity index (χ0) is 18.6. The van der Waals surface area contributed by atoms with Gasteiger partial charge < -0.3 is 5.32 Å². The van der Waals surface area contributed by atoms with E-state index in [-0.39, 0.29) is 5.91 Å². The molecule has 2 heterocycles. The number of rotatable bonds is 4. The van der Waals surface area contributed by atoms with Crippen molar-refractivity contribution in [1.82, 2.24) is 14.4 Å². The summed E-state index contributed by atoms with van der Waals surface area (Å²) in [5.41, 5.74) is 4.47. The monoisotopic (exact) mass is 354 g/mol. The lowest BCUT2D eigenvalue weighted by molar-refractivity contribution is -0.111. The van der Waals surface area contributed by atoms with E-state index in [1.165, 1.54) is 6.08 Å². The maximum absolute atomic E-state index is 12.3. The SMILES string of the molecule is Cc1ccc(-c2cn3cccnc3n2)cc1NC(=O)/C=C\c1ccccc1. The Hall–Kier alpha value is -3.73. The number of hydrogen-bond donors (Lipinski definition) is 1. The van der Waals surface area contributed by atoms with Gasteiger partial charge in [0, 0.05) is 35.9 Å². The molecule has 0 aliphatic carbocycles. The predicted molar refractivity (Wildman–Crippen MR) is 107 cm³/mol. The molecular weight excluding hydrogens is 336 g/mol. The van der Waals surface area contributed by atoms with E-state index in [2.05, 4.69) is 15.3 Å². The second kappa shape index (κ2) is 7.25. The number of benzene rings is 2. The van der Waals surface area contributed by atoms with Gasteiger partial charge in [-0.15, -0.1) is 0 Å². The van der Waals surface area contributed by atoms with Crippen LogP contribution in [0.25, 0.3) is 23.1 Å². The van der Waals surface area contributed by atoms with Gasteiger partial charge in [0.1, 0.15) is 0 Å². The second-order valence-electron chi connectivity index (χ2n) is 6.22. The molecule has 5 nitrogen and oxygen atoms in total. The fourth-order valence-corrected chi connectivity index (χ4v) is 2.80. The zero-order valence-electron chi connectivity index (χ0n) is 14.8. The Bertz CT molecular complexity index is 1100. The van der Waals surface area contributed by atoms with Gasteiger partial charge in [0.25, 0.3) is 0 Å². The molecule has 0 atom stereocenters. The first kappa shape index (κ1) is 16.7. The number of hydrogen-bond acceptors (Lipinski definition) is 3. The van der Waals surface area contributed by atoms with Gasteiger partial charge in [-0.2, -0.15) is 0 Å². The third kappa shape index (κ3) is 3.77. The number of imidazole rings is 1. The molecule has 0 spiro atoms. The number of carbonyl (C=O) groups is 1. The van der Waals surface area contributed by atoms with Crippen LogP contribution in [0.1, 0.15) is 11.1 Å². The molecule has 0 fully saturated rings. The second-order valence-corrected chi connectivity index (χ2v) is 6.22. The number of aryl methyl sites for hydroxylation is 1. The fraction of sp³-hybridized carbons (Fsp3) is 0.0455. The van der Waals surface area contributed by atoms with Crippen LogP contribution in [0, 0.1) is 6.92 Å². The number of fused-ring (bicyclic) bond motifs is 1. The minimum atomic E-state index is -0.171. The molecule has 0 bridgehead atoms. The minimum Gasteiger partial charge on any atom is -0.322 e. The number of amides is 1. The van der Waals surface area contributed by atoms with Crippen LogP contribution in [0.3, 0.4) is 0 Å². The van der Waals surface area contributed by atoms with Gasteiger partial charge >= 0.3 is 0 Å². The van der Waals surface area contributed by atoms with Crippen LogP contribution in [0.5, 0.6) is 0 Å². The van der Waals surface area contributed by atoms with Crippen LogP contribution < -0.4 is 5.32 Å². The molecule has 0 unspecified atom stereocenters. The van der Waals surface area contributed by atoms with E-state index in [1.807, 2.05) is 78.3 Å². The standard InChI is InChI=1S/C22H18N4O/c1-16-8-10-18(20-15-26-13-5-12-23-22(26)25-20)14-19(16)24-21(27)11-9-17-6-3-2-4-7-17/h2-15H,1H3,(H,24,27)/b11-9-. The van der Waals surface area contributed by atoms with Crippen molar-refractivity contribution in [3.63, 3.8) is 0 Å².